The van der Waals surface area contributed by atoms with Crippen LogP contribution in [-0.4, -0.2) is 10.9 Å². The number of benzene rings is 1. The molecule has 2 N–H and O–H groups in total. The lowest BCUT2D eigenvalue weighted by Gasteiger charge is -2.09. The second kappa shape index (κ2) is 5.28. The molecule has 1 heterocycles. The molecule has 1 aromatic heterocycles. The SMILES string of the molecule is Cc1cc(NC(=O)c2cc(Br)c[nH]2)cc(C)c1Br. The van der Waals surface area contributed by atoms with Gasteiger partial charge >= 0.3 is 0 Å². The van der Waals surface area contributed by atoms with Crippen LogP contribution in [0.4, 0.5) is 5.69 Å². The molecule has 2 aromatic rings. The van der Waals surface area contributed by atoms with E-state index in [2.05, 4.69) is 42.2 Å². The second-order valence-electron chi connectivity index (χ2n) is 4.11. The Bertz CT molecular complexity index is 582. The van der Waals surface area contributed by atoms with E-state index < -0.39 is 0 Å². The van der Waals surface area contributed by atoms with Crippen molar-refractivity contribution in [2.24, 2.45) is 0 Å². The zero-order valence-corrected chi connectivity index (χ0v) is 13.1. The molecule has 0 saturated heterocycles. The Hall–Kier alpha value is -1.07. The molecule has 0 fully saturated rings. The van der Waals surface area contributed by atoms with Crippen molar-refractivity contribution >= 4 is 43.5 Å². The molecule has 0 bridgehead atoms. The molecule has 18 heavy (non-hydrogen) atoms. The highest BCUT2D eigenvalue weighted by Gasteiger charge is 2.09. The highest BCUT2D eigenvalue weighted by Crippen LogP contribution is 2.25. The average molecular weight is 372 g/mol. The number of aromatic amines is 1. The maximum Gasteiger partial charge on any atom is 0.272 e. The van der Waals surface area contributed by atoms with Crippen LogP contribution in [0, 0.1) is 13.8 Å². The second-order valence-corrected chi connectivity index (χ2v) is 5.82. The van der Waals surface area contributed by atoms with Gasteiger partial charge in [0.25, 0.3) is 5.91 Å². The first-order valence-corrected chi connectivity index (χ1v) is 6.98. The summed E-state index contributed by atoms with van der Waals surface area (Å²) in [6.07, 6.45) is 1.73. The number of hydrogen-bond acceptors (Lipinski definition) is 1. The zero-order valence-electron chi connectivity index (χ0n) is 9.97. The summed E-state index contributed by atoms with van der Waals surface area (Å²) in [5.74, 6) is -0.151. The Morgan fingerprint density at radius 2 is 1.78 bits per heavy atom. The van der Waals surface area contributed by atoms with Crippen LogP contribution in [0.5, 0.6) is 0 Å². The third-order valence-corrected chi connectivity index (χ3v) is 4.30. The van der Waals surface area contributed by atoms with Crippen LogP contribution in [0.3, 0.4) is 0 Å². The largest absolute Gasteiger partial charge is 0.356 e. The average Bonchev–Trinajstić information content (AvgIpc) is 2.72. The topological polar surface area (TPSA) is 44.9 Å². The summed E-state index contributed by atoms with van der Waals surface area (Å²) in [6, 6.07) is 5.62. The number of nitrogens with one attached hydrogen (secondary N) is 2. The molecule has 2 rings (SSSR count). The lowest BCUT2D eigenvalue weighted by Crippen LogP contribution is -2.12. The summed E-state index contributed by atoms with van der Waals surface area (Å²) in [5.41, 5.74) is 3.51. The molecule has 0 radical (unpaired) electrons. The smallest absolute Gasteiger partial charge is 0.272 e. The number of anilines is 1. The van der Waals surface area contributed by atoms with Crippen molar-refractivity contribution in [2.75, 3.05) is 5.32 Å². The molecule has 0 atom stereocenters. The van der Waals surface area contributed by atoms with Crippen LogP contribution in [-0.2, 0) is 0 Å². The fourth-order valence-electron chi connectivity index (χ4n) is 1.72. The first kappa shape index (κ1) is 13.4. The highest BCUT2D eigenvalue weighted by atomic mass is 79.9. The third-order valence-electron chi connectivity index (χ3n) is 2.59. The quantitative estimate of drug-likeness (QED) is 0.806. The number of aryl methyl sites for hydroxylation is 2. The van der Waals surface area contributed by atoms with Gasteiger partial charge < -0.3 is 10.3 Å². The molecule has 0 saturated carbocycles. The van der Waals surface area contributed by atoms with Gasteiger partial charge in [0.15, 0.2) is 0 Å². The van der Waals surface area contributed by atoms with Gasteiger partial charge in [-0.3, -0.25) is 4.79 Å². The monoisotopic (exact) mass is 370 g/mol. The van der Waals surface area contributed by atoms with Crippen molar-refractivity contribution in [1.29, 1.82) is 0 Å². The Balaban J connectivity index is 2.22. The number of hydrogen-bond donors (Lipinski definition) is 2. The minimum atomic E-state index is -0.151. The molecule has 1 aromatic carbocycles. The van der Waals surface area contributed by atoms with Crippen molar-refractivity contribution in [1.82, 2.24) is 4.98 Å². The predicted octanol–water partition coefficient (Wildman–Crippen LogP) is 4.41. The standard InChI is InChI=1S/C13H12Br2N2O/c1-7-3-10(4-8(2)12(7)15)17-13(18)11-5-9(14)6-16-11/h3-6,16H,1-2H3,(H,17,18). The van der Waals surface area contributed by atoms with Gasteiger partial charge in [0.05, 0.1) is 0 Å². The van der Waals surface area contributed by atoms with Crippen LogP contribution in [0.25, 0.3) is 0 Å². The summed E-state index contributed by atoms with van der Waals surface area (Å²) in [6.45, 7) is 4.00. The zero-order chi connectivity index (χ0) is 13.3. The van der Waals surface area contributed by atoms with Gasteiger partial charge in [0.2, 0.25) is 0 Å². The highest BCUT2D eigenvalue weighted by molar-refractivity contribution is 9.10. The van der Waals surface area contributed by atoms with E-state index in [4.69, 9.17) is 0 Å². The van der Waals surface area contributed by atoms with Crippen molar-refractivity contribution < 1.29 is 4.79 Å². The number of carbonyl (C=O) groups excluding carboxylic acids is 1. The summed E-state index contributed by atoms with van der Waals surface area (Å²) in [7, 11) is 0. The molecule has 0 aliphatic rings. The lowest BCUT2D eigenvalue weighted by atomic mass is 10.1. The van der Waals surface area contributed by atoms with Gasteiger partial charge in [0.1, 0.15) is 5.69 Å². The van der Waals surface area contributed by atoms with E-state index in [1.807, 2.05) is 26.0 Å². The molecule has 0 spiro atoms. The van der Waals surface area contributed by atoms with Crippen molar-refractivity contribution in [3.05, 3.63) is 50.2 Å². The first-order valence-electron chi connectivity index (χ1n) is 5.39. The Morgan fingerprint density at radius 1 is 1.17 bits per heavy atom. The van der Waals surface area contributed by atoms with E-state index >= 15 is 0 Å². The molecule has 5 heteroatoms. The molecule has 0 unspecified atom stereocenters. The van der Waals surface area contributed by atoms with Crippen LogP contribution >= 0.6 is 31.9 Å². The van der Waals surface area contributed by atoms with Crippen LogP contribution in [0.15, 0.2) is 33.3 Å². The number of H-pyrrole nitrogens is 1. The predicted molar refractivity (Wildman–Crippen MR) is 80.1 cm³/mol. The molecule has 0 aliphatic heterocycles. The van der Waals surface area contributed by atoms with Gasteiger partial charge in [-0.05, 0) is 59.1 Å². The summed E-state index contributed by atoms with van der Waals surface area (Å²) in [4.78, 5) is 14.9. The number of carbonyl (C=O) groups is 1. The molecule has 3 nitrogen and oxygen atoms in total. The third kappa shape index (κ3) is 2.84. The minimum Gasteiger partial charge on any atom is -0.356 e. The number of halogens is 2. The summed E-state index contributed by atoms with van der Waals surface area (Å²) >= 11 is 6.80. The first-order chi connectivity index (χ1) is 8.47. The van der Waals surface area contributed by atoms with E-state index in [0.717, 1.165) is 25.8 Å². The van der Waals surface area contributed by atoms with Gasteiger partial charge in [-0.25, -0.2) is 0 Å². The lowest BCUT2D eigenvalue weighted by molar-refractivity contribution is 0.102. The van der Waals surface area contributed by atoms with Gasteiger partial charge in [-0.15, -0.1) is 0 Å². The molecular formula is C13H12Br2N2O. The fraction of sp³-hybridized carbons (Fsp3) is 0.154. The van der Waals surface area contributed by atoms with E-state index in [-0.39, 0.29) is 5.91 Å². The maximum absolute atomic E-state index is 12.0. The van der Waals surface area contributed by atoms with Crippen molar-refractivity contribution in [3.8, 4) is 0 Å². The van der Waals surface area contributed by atoms with Crippen LogP contribution < -0.4 is 5.32 Å². The Morgan fingerprint density at radius 3 is 2.28 bits per heavy atom. The Labute approximate surface area is 122 Å². The fourth-order valence-corrected chi connectivity index (χ4v) is 2.29. The molecular weight excluding hydrogens is 360 g/mol. The van der Waals surface area contributed by atoms with Crippen molar-refractivity contribution in [3.63, 3.8) is 0 Å². The molecule has 1 amide bonds. The maximum atomic E-state index is 12.0. The van der Waals surface area contributed by atoms with E-state index in [9.17, 15) is 4.79 Å². The van der Waals surface area contributed by atoms with E-state index in [1.54, 1.807) is 12.3 Å². The van der Waals surface area contributed by atoms with Crippen molar-refractivity contribution in [2.45, 2.75) is 13.8 Å². The van der Waals surface area contributed by atoms with Gasteiger partial charge in [-0.2, -0.15) is 0 Å². The van der Waals surface area contributed by atoms with E-state index in [0.29, 0.717) is 5.69 Å². The summed E-state index contributed by atoms with van der Waals surface area (Å²) in [5, 5.41) is 2.87. The minimum absolute atomic E-state index is 0.151. The molecule has 0 aliphatic carbocycles. The van der Waals surface area contributed by atoms with Crippen LogP contribution in [0.2, 0.25) is 0 Å². The molecule has 94 valence electrons. The normalized spacial score (nSPS) is 10.4. The number of aromatic nitrogens is 1. The van der Waals surface area contributed by atoms with Gasteiger partial charge in [0, 0.05) is 20.8 Å². The number of amides is 1. The number of rotatable bonds is 2. The summed E-state index contributed by atoms with van der Waals surface area (Å²) < 4.78 is 1.93. The Kier molecular flexibility index (Phi) is 3.92. The van der Waals surface area contributed by atoms with Crippen LogP contribution in [0.1, 0.15) is 21.6 Å². The van der Waals surface area contributed by atoms with Gasteiger partial charge in [-0.1, -0.05) is 15.9 Å². The van der Waals surface area contributed by atoms with E-state index in [1.165, 1.54) is 0 Å².